The van der Waals surface area contributed by atoms with Crippen molar-refractivity contribution in [2.75, 3.05) is 12.3 Å². The Balaban J connectivity index is 2.70. The van der Waals surface area contributed by atoms with Gasteiger partial charge in [-0.3, -0.25) is 0 Å². The molecule has 0 aromatic heterocycles. The van der Waals surface area contributed by atoms with Crippen LogP contribution in [0.5, 0.6) is 0 Å². The van der Waals surface area contributed by atoms with Crippen molar-refractivity contribution >= 4 is 15.8 Å². The number of esters is 1. The van der Waals surface area contributed by atoms with E-state index in [1.807, 2.05) is 0 Å². The highest BCUT2D eigenvalue weighted by atomic mass is 32.2. The second-order valence-electron chi connectivity index (χ2n) is 4.89. The van der Waals surface area contributed by atoms with E-state index in [-0.39, 0.29) is 17.6 Å². The fraction of sp³-hybridized carbons (Fsp3) is 0.500. The van der Waals surface area contributed by atoms with Crippen LogP contribution in [0.15, 0.2) is 24.3 Å². The smallest absolute Gasteiger partial charge is 0.338 e. The SMILES string of the molecule is CC(C)OC(=O)c1ccc(CS(=O)(=O)CCCN)cc1. The van der Waals surface area contributed by atoms with Gasteiger partial charge in [-0.2, -0.15) is 0 Å². The number of benzene rings is 1. The Labute approximate surface area is 120 Å². The monoisotopic (exact) mass is 299 g/mol. The van der Waals surface area contributed by atoms with Crippen LogP contribution in [0.25, 0.3) is 0 Å². The van der Waals surface area contributed by atoms with Gasteiger partial charge in [-0.1, -0.05) is 12.1 Å². The van der Waals surface area contributed by atoms with Crippen molar-refractivity contribution in [2.45, 2.75) is 32.1 Å². The highest BCUT2D eigenvalue weighted by molar-refractivity contribution is 7.90. The summed E-state index contributed by atoms with van der Waals surface area (Å²) in [5.41, 5.74) is 6.38. The molecule has 112 valence electrons. The molecule has 0 unspecified atom stereocenters. The summed E-state index contributed by atoms with van der Waals surface area (Å²) in [5, 5.41) is 0. The molecule has 0 aliphatic rings. The van der Waals surface area contributed by atoms with Gasteiger partial charge >= 0.3 is 5.97 Å². The maximum Gasteiger partial charge on any atom is 0.338 e. The Hall–Kier alpha value is -1.40. The van der Waals surface area contributed by atoms with Gasteiger partial charge < -0.3 is 10.5 Å². The van der Waals surface area contributed by atoms with Crippen LogP contribution in [-0.2, 0) is 20.3 Å². The molecule has 2 N–H and O–H groups in total. The molecule has 0 saturated heterocycles. The Bertz CT molecular complexity index is 535. The quantitative estimate of drug-likeness (QED) is 0.771. The van der Waals surface area contributed by atoms with Gasteiger partial charge in [0.15, 0.2) is 9.84 Å². The normalized spacial score (nSPS) is 11.6. The minimum atomic E-state index is -3.15. The van der Waals surface area contributed by atoms with Crippen LogP contribution in [0, 0.1) is 0 Å². The summed E-state index contributed by atoms with van der Waals surface area (Å²) in [6.07, 6.45) is 0.278. The van der Waals surface area contributed by atoms with Gasteiger partial charge in [-0.15, -0.1) is 0 Å². The Morgan fingerprint density at radius 1 is 1.25 bits per heavy atom. The first kappa shape index (κ1) is 16.7. The highest BCUT2D eigenvalue weighted by Gasteiger charge is 2.13. The average Bonchev–Trinajstić information content (AvgIpc) is 2.36. The molecule has 0 heterocycles. The summed E-state index contributed by atoms with van der Waals surface area (Å²) in [7, 11) is -3.15. The van der Waals surface area contributed by atoms with Crippen LogP contribution in [-0.4, -0.2) is 32.8 Å². The molecule has 5 nitrogen and oxygen atoms in total. The lowest BCUT2D eigenvalue weighted by Crippen LogP contribution is -2.14. The standard InChI is InChI=1S/C14H21NO4S/c1-11(2)19-14(16)13-6-4-12(5-7-13)10-20(17,18)9-3-8-15/h4-7,11H,3,8-10,15H2,1-2H3. The first-order chi connectivity index (χ1) is 9.34. The molecule has 1 aromatic rings. The number of rotatable bonds is 7. The van der Waals surface area contributed by atoms with Crippen molar-refractivity contribution in [3.63, 3.8) is 0 Å². The number of nitrogens with two attached hydrogens (primary N) is 1. The maximum absolute atomic E-state index is 11.8. The van der Waals surface area contributed by atoms with E-state index in [0.717, 1.165) is 0 Å². The van der Waals surface area contributed by atoms with E-state index in [0.29, 0.717) is 24.1 Å². The van der Waals surface area contributed by atoms with E-state index in [9.17, 15) is 13.2 Å². The number of sulfone groups is 1. The number of ether oxygens (including phenoxy) is 1. The van der Waals surface area contributed by atoms with Gasteiger partial charge in [-0.05, 0) is 44.5 Å². The molecular weight excluding hydrogens is 278 g/mol. The summed E-state index contributed by atoms with van der Waals surface area (Å²) in [5.74, 6) is -0.356. The third-order valence-electron chi connectivity index (χ3n) is 2.58. The summed E-state index contributed by atoms with van der Waals surface area (Å²) in [6.45, 7) is 3.91. The van der Waals surface area contributed by atoms with Crippen molar-refractivity contribution in [2.24, 2.45) is 5.73 Å². The topological polar surface area (TPSA) is 86.5 Å². The molecule has 0 aliphatic heterocycles. The molecule has 20 heavy (non-hydrogen) atoms. The second kappa shape index (κ2) is 7.40. The van der Waals surface area contributed by atoms with Crippen molar-refractivity contribution in [3.8, 4) is 0 Å². The number of carbonyl (C=O) groups is 1. The summed E-state index contributed by atoms with van der Waals surface area (Å²) < 4.78 is 28.6. The Morgan fingerprint density at radius 3 is 2.35 bits per heavy atom. The lowest BCUT2D eigenvalue weighted by atomic mass is 10.1. The zero-order chi connectivity index (χ0) is 15.2. The van der Waals surface area contributed by atoms with Gasteiger partial charge in [-0.25, -0.2) is 13.2 Å². The van der Waals surface area contributed by atoms with Crippen molar-refractivity contribution in [1.82, 2.24) is 0 Å². The number of carbonyl (C=O) groups excluding carboxylic acids is 1. The Kier molecular flexibility index (Phi) is 6.16. The average molecular weight is 299 g/mol. The predicted molar refractivity (Wildman–Crippen MR) is 78.2 cm³/mol. The first-order valence-corrected chi connectivity index (χ1v) is 8.36. The van der Waals surface area contributed by atoms with Gasteiger partial charge in [0, 0.05) is 0 Å². The van der Waals surface area contributed by atoms with E-state index in [2.05, 4.69) is 0 Å². The summed E-state index contributed by atoms with van der Waals surface area (Å²) in [4.78, 5) is 11.6. The molecule has 1 aromatic carbocycles. The molecule has 1 rings (SSSR count). The Morgan fingerprint density at radius 2 is 1.85 bits per heavy atom. The molecule has 0 fully saturated rings. The third kappa shape index (κ3) is 5.71. The van der Waals surface area contributed by atoms with E-state index in [1.165, 1.54) is 0 Å². The maximum atomic E-state index is 11.8. The fourth-order valence-electron chi connectivity index (χ4n) is 1.65. The van der Waals surface area contributed by atoms with Gasteiger partial charge in [0.1, 0.15) is 0 Å². The van der Waals surface area contributed by atoms with Crippen molar-refractivity contribution in [3.05, 3.63) is 35.4 Å². The molecule has 6 heteroatoms. The van der Waals surface area contributed by atoms with E-state index in [4.69, 9.17) is 10.5 Å². The van der Waals surface area contributed by atoms with Gasteiger partial charge in [0.05, 0.1) is 23.2 Å². The zero-order valence-corrected chi connectivity index (χ0v) is 12.7. The van der Waals surface area contributed by atoms with Crippen LogP contribution >= 0.6 is 0 Å². The third-order valence-corrected chi connectivity index (χ3v) is 4.26. The summed E-state index contributed by atoms with van der Waals surface area (Å²) in [6, 6.07) is 6.44. The predicted octanol–water partition coefficient (Wildman–Crippen LogP) is 1.52. The van der Waals surface area contributed by atoms with Crippen LogP contribution in [0.1, 0.15) is 36.2 Å². The molecule has 0 atom stereocenters. The number of hydrogen-bond acceptors (Lipinski definition) is 5. The van der Waals surface area contributed by atoms with Crippen molar-refractivity contribution < 1.29 is 17.9 Å². The van der Waals surface area contributed by atoms with Crippen LogP contribution in [0.3, 0.4) is 0 Å². The molecule has 0 aliphatic carbocycles. The van der Waals surface area contributed by atoms with E-state index in [1.54, 1.807) is 38.1 Å². The van der Waals surface area contributed by atoms with E-state index < -0.39 is 15.8 Å². The fourth-order valence-corrected chi connectivity index (χ4v) is 3.10. The summed E-state index contributed by atoms with van der Waals surface area (Å²) >= 11 is 0. The molecular formula is C14H21NO4S. The van der Waals surface area contributed by atoms with Gasteiger partial charge in [0.25, 0.3) is 0 Å². The molecule has 0 bridgehead atoms. The highest BCUT2D eigenvalue weighted by Crippen LogP contribution is 2.11. The number of hydrogen-bond donors (Lipinski definition) is 1. The molecule has 0 radical (unpaired) electrons. The second-order valence-corrected chi connectivity index (χ2v) is 7.07. The first-order valence-electron chi connectivity index (χ1n) is 6.54. The van der Waals surface area contributed by atoms with Crippen LogP contribution < -0.4 is 5.73 Å². The largest absolute Gasteiger partial charge is 0.459 e. The van der Waals surface area contributed by atoms with Crippen LogP contribution in [0.4, 0.5) is 0 Å². The van der Waals surface area contributed by atoms with E-state index >= 15 is 0 Å². The zero-order valence-electron chi connectivity index (χ0n) is 11.8. The minimum absolute atomic E-state index is 0.0352. The van der Waals surface area contributed by atoms with Crippen molar-refractivity contribution in [1.29, 1.82) is 0 Å². The van der Waals surface area contributed by atoms with Gasteiger partial charge in [0.2, 0.25) is 0 Å². The van der Waals surface area contributed by atoms with Crippen LogP contribution in [0.2, 0.25) is 0 Å². The molecule has 0 amide bonds. The lowest BCUT2D eigenvalue weighted by Gasteiger charge is -2.08. The molecule has 0 saturated carbocycles. The molecule has 0 spiro atoms. The lowest BCUT2D eigenvalue weighted by molar-refractivity contribution is 0.0378. The minimum Gasteiger partial charge on any atom is -0.459 e.